The Hall–Kier alpha value is -3.48. The summed E-state index contributed by atoms with van der Waals surface area (Å²) < 4.78 is 19.3. The molecule has 7 heteroatoms. The van der Waals surface area contributed by atoms with E-state index in [0.717, 1.165) is 30.0 Å². The van der Waals surface area contributed by atoms with Crippen LogP contribution in [0.2, 0.25) is 0 Å². The van der Waals surface area contributed by atoms with Gasteiger partial charge in [-0.05, 0) is 61.7 Å². The number of carbonyl (C=O) groups is 1. The molecular formula is C27H35N3O4. The lowest BCUT2D eigenvalue weighted by molar-refractivity contribution is 0.0743. The summed E-state index contributed by atoms with van der Waals surface area (Å²) in [4.78, 5) is 19.4. The number of carbonyl (C=O) groups excluding carboxylic acids is 1. The first-order chi connectivity index (χ1) is 16.5. The molecule has 0 fully saturated rings. The van der Waals surface area contributed by atoms with E-state index < -0.39 is 0 Å². The molecule has 0 N–H and O–H groups in total. The van der Waals surface area contributed by atoms with Crippen LogP contribution in [0, 0.1) is 0 Å². The van der Waals surface area contributed by atoms with Crippen molar-refractivity contribution in [1.82, 2.24) is 14.5 Å². The number of nitrogens with zero attached hydrogens (tertiary/aromatic N) is 3. The summed E-state index contributed by atoms with van der Waals surface area (Å²) >= 11 is 0. The highest BCUT2D eigenvalue weighted by atomic mass is 16.5. The fraction of sp³-hybridized carbons (Fsp3) is 0.407. The van der Waals surface area contributed by atoms with Crippen LogP contribution in [0.4, 0.5) is 0 Å². The van der Waals surface area contributed by atoms with Gasteiger partial charge in [0.1, 0.15) is 18.2 Å². The number of benzene rings is 2. The Kier molecular flexibility index (Phi) is 9.38. The lowest BCUT2D eigenvalue weighted by Gasteiger charge is -2.23. The highest BCUT2D eigenvalue weighted by molar-refractivity contribution is 5.94. The van der Waals surface area contributed by atoms with Gasteiger partial charge in [-0.2, -0.15) is 0 Å². The smallest absolute Gasteiger partial charge is 0.254 e. The molecule has 0 atom stereocenters. The van der Waals surface area contributed by atoms with Gasteiger partial charge < -0.3 is 23.7 Å². The summed E-state index contributed by atoms with van der Waals surface area (Å²) in [7, 11) is 1.93. The molecule has 3 rings (SSSR count). The van der Waals surface area contributed by atoms with Crippen LogP contribution in [0.25, 0.3) is 0 Å². The van der Waals surface area contributed by atoms with Gasteiger partial charge >= 0.3 is 0 Å². The number of aromatic nitrogens is 2. The minimum atomic E-state index is -0.0122. The van der Waals surface area contributed by atoms with E-state index in [0.29, 0.717) is 50.0 Å². The quantitative estimate of drug-likeness (QED) is 0.345. The Labute approximate surface area is 202 Å². The maximum Gasteiger partial charge on any atom is 0.254 e. The summed E-state index contributed by atoms with van der Waals surface area (Å²) in [6, 6.07) is 13.2. The number of hydrogen-bond acceptors (Lipinski definition) is 5. The molecule has 0 unspecified atom stereocenters. The van der Waals surface area contributed by atoms with Crippen molar-refractivity contribution in [3.05, 3.63) is 71.8 Å². The maximum atomic E-state index is 13.3. The fourth-order valence-electron chi connectivity index (χ4n) is 3.55. The molecule has 0 saturated carbocycles. The molecule has 0 aliphatic rings. The molecule has 34 heavy (non-hydrogen) atoms. The predicted molar refractivity (Wildman–Crippen MR) is 132 cm³/mol. The van der Waals surface area contributed by atoms with Crippen LogP contribution in [0.5, 0.6) is 17.2 Å². The largest absolute Gasteiger partial charge is 0.490 e. The Morgan fingerprint density at radius 1 is 0.971 bits per heavy atom. The Morgan fingerprint density at radius 3 is 2.41 bits per heavy atom. The van der Waals surface area contributed by atoms with E-state index in [2.05, 4.69) is 18.8 Å². The van der Waals surface area contributed by atoms with Crippen LogP contribution in [0.1, 0.15) is 55.4 Å². The second kappa shape index (κ2) is 12.7. The van der Waals surface area contributed by atoms with Gasteiger partial charge in [-0.3, -0.25) is 4.79 Å². The van der Waals surface area contributed by atoms with Gasteiger partial charge in [-0.1, -0.05) is 19.9 Å². The van der Waals surface area contributed by atoms with Crippen LogP contribution in [-0.2, 0) is 20.2 Å². The number of rotatable bonds is 13. The minimum absolute atomic E-state index is 0.0122. The first-order valence-electron chi connectivity index (χ1n) is 11.9. The van der Waals surface area contributed by atoms with E-state index in [-0.39, 0.29) is 5.91 Å². The SMILES string of the molecule is CCCOc1ccc(CN(CCC)C(=O)c2ccc(OCc3nccn3C)cc2)cc1OCC. The summed E-state index contributed by atoms with van der Waals surface area (Å²) in [5, 5.41) is 0. The molecular weight excluding hydrogens is 430 g/mol. The third kappa shape index (κ3) is 6.76. The molecule has 2 aromatic carbocycles. The summed E-state index contributed by atoms with van der Waals surface area (Å²) in [6.07, 6.45) is 5.42. The van der Waals surface area contributed by atoms with E-state index >= 15 is 0 Å². The number of amides is 1. The van der Waals surface area contributed by atoms with Crippen molar-refractivity contribution in [1.29, 1.82) is 0 Å². The van der Waals surface area contributed by atoms with Crippen molar-refractivity contribution in [3.63, 3.8) is 0 Å². The van der Waals surface area contributed by atoms with Gasteiger partial charge in [0.25, 0.3) is 5.91 Å². The van der Waals surface area contributed by atoms with E-state index in [4.69, 9.17) is 14.2 Å². The van der Waals surface area contributed by atoms with Gasteiger partial charge in [0.05, 0.1) is 13.2 Å². The Morgan fingerprint density at radius 2 is 1.76 bits per heavy atom. The number of aryl methyl sites for hydroxylation is 1. The van der Waals surface area contributed by atoms with E-state index in [1.54, 1.807) is 6.20 Å². The number of hydrogen-bond donors (Lipinski definition) is 0. The molecule has 0 spiro atoms. The molecule has 0 aliphatic heterocycles. The average molecular weight is 466 g/mol. The lowest BCUT2D eigenvalue weighted by atomic mass is 10.1. The third-order valence-electron chi connectivity index (χ3n) is 5.31. The summed E-state index contributed by atoms with van der Waals surface area (Å²) in [6.45, 7) is 8.82. The van der Waals surface area contributed by atoms with Crippen molar-refractivity contribution in [3.8, 4) is 17.2 Å². The highest BCUT2D eigenvalue weighted by Crippen LogP contribution is 2.29. The molecule has 1 aromatic heterocycles. The molecule has 7 nitrogen and oxygen atoms in total. The second-order valence-electron chi connectivity index (χ2n) is 8.06. The molecule has 0 aliphatic carbocycles. The van der Waals surface area contributed by atoms with Gasteiger partial charge in [-0.15, -0.1) is 0 Å². The zero-order valence-electron chi connectivity index (χ0n) is 20.6. The molecule has 182 valence electrons. The fourth-order valence-corrected chi connectivity index (χ4v) is 3.55. The minimum Gasteiger partial charge on any atom is -0.490 e. The molecule has 1 heterocycles. The Bertz CT molecular complexity index is 1050. The first kappa shape index (κ1) is 25.1. The van der Waals surface area contributed by atoms with Gasteiger partial charge in [-0.25, -0.2) is 4.98 Å². The molecule has 1 amide bonds. The van der Waals surface area contributed by atoms with Crippen molar-refractivity contribution in [2.24, 2.45) is 7.05 Å². The van der Waals surface area contributed by atoms with Crippen LogP contribution >= 0.6 is 0 Å². The standard InChI is InChI=1S/C27H35N3O4/c1-5-15-30(19-21-8-13-24(33-17-6-2)25(18-21)32-7-3)27(31)22-9-11-23(12-10-22)34-20-26-28-14-16-29(26)4/h8-14,16,18H,5-7,15,17,19-20H2,1-4H3. The lowest BCUT2D eigenvalue weighted by Crippen LogP contribution is -2.31. The summed E-state index contributed by atoms with van der Waals surface area (Å²) in [5.41, 5.74) is 1.63. The highest BCUT2D eigenvalue weighted by Gasteiger charge is 2.17. The summed E-state index contributed by atoms with van der Waals surface area (Å²) in [5.74, 6) is 2.98. The molecule has 3 aromatic rings. The molecule has 0 bridgehead atoms. The Balaban J connectivity index is 1.68. The van der Waals surface area contributed by atoms with Crippen molar-refractivity contribution >= 4 is 5.91 Å². The third-order valence-corrected chi connectivity index (χ3v) is 5.31. The molecule has 0 saturated heterocycles. The normalized spacial score (nSPS) is 10.7. The molecule has 0 radical (unpaired) electrons. The first-order valence-corrected chi connectivity index (χ1v) is 11.9. The monoisotopic (exact) mass is 465 g/mol. The van der Waals surface area contributed by atoms with E-state index in [1.165, 1.54) is 0 Å². The van der Waals surface area contributed by atoms with Gasteiger partial charge in [0.2, 0.25) is 0 Å². The van der Waals surface area contributed by atoms with Crippen LogP contribution in [0.3, 0.4) is 0 Å². The van der Waals surface area contributed by atoms with Crippen LogP contribution in [0.15, 0.2) is 54.9 Å². The van der Waals surface area contributed by atoms with E-state index in [9.17, 15) is 4.79 Å². The maximum absolute atomic E-state index is 13.3. The predicted octanol–water partition coefficient (Wildman–Crippen LogP) is 5.24. The van der Waals surface area contributed by atoms with Crippen molar-refractivity contribution < 1.29 is 19.0 Å². The van der Waals surface area contributed by atoms with Gasteiger partial charge in [0, 0.05) is 38.1 Å². The topological polar surface area (TPSA) is 65.8 Å². The van der Waals surface area contributed by atoms with Crippen LogP contribution < -0.4 is 14.2 Å². The van der Waals surface area contributed by atoms with E-state index in [1.807, 2.05) is 72.1 Å². The number of ether oxygens (including phenoxy) is 3. The van der Waals surface area contributed by atoms with Crippen molar-refractivity contribution in [2.75, 3.05) is 19.8 Å². The van der Waals surface area contributed by atoms with Crippen LogP contribution in [-0.4, -0.2) is 40.1 Å². The van der Waals surface area contributed by atoms with Gasteiger partial charge in [0.15, 0.2) is 11.5 Å². The zero-order chi connectivity index (χ0) is 24.3. The second-order valence-corrected chi connectivity index (χ2v) is 8.06. The van der Waals surface area contributed by atoms with Crippen molar-refractivity contribution in [2.45, 2.75) is 46.8 Å². The zero-order valence-corrected chi connectivity index (χ0v) is 20.6. The average Bonchev–Trinajstić information content (AvgIpc) is 3.26. The number of imidazole rings is 1.